The second kappa shape index (κ2) is 17.4. The second-order valence-corrected chi connectivity index (χ2v) is 10.3. The Morgan fingerprint density at radius 3 is 1.09 bits per heavy atom. The molecule has 0 unspecified atom stereocenters. The average Bonchev–Trinajstić information content (AvgIpc) is 2.87. The monoisotopic (exact) mass is 491 g/mol. The van der Waals surface area contributed by atoms with Crippen LogP contribution in [0.3, 0.4) is 0 Å². The van der Waals surface area contributed by atoms with E-state index in [9.17, 15) is 0 Å². The smallest absolute Gasteiger partial charge is 0.0739 e. The first-order valence-electron chi connectivity index (χ1n) is 13.7. The third-order valence-corrected chi connectivity index (χ3v) is 7.22. The number of unbranched alkanes of at least 4 members (excludes halogenated alkanes) is 8. The predicted molar refractivity (Wildman–Crippen MR) is 147 cm³/mol. The van der Waals surface area contributed by atoms with Gasteiger partial charge < -0.3 is 18.1 Å². The molecule has 0 bridgehead atoms. The molecule has 0 fully saturated rings. The van der Waals surface area contributed by atoms with Crippen LogP contribution in [-0.4, -0.2) is 6.54 Å². The molecule has 0 saturated heterocycles. The topological polar surface area (TPSA) is 27.6 Å². The molecule has 190 valence electrons. The van der Waals surface area contributed by atoms with E-state index in [-0.39, 0.29) is 17.8 Å². The van der Waals surface area contributed by atoms with Gasteiger partial charge in [0.05, 0.1) is 6.54 Å². The number of rotatable bonds is 17. The molecule has 3 N–H and O–H groups in total. The average molecular weight is 492 g/mol. The molecule has 0 amide bonds. The van der Waals surface area contributed by atoms with E-state index in [1.165, 1.54) is 80.9 Å². The summed E-state index contributed by atoms with van der Waals surface area (Å²) in [7, 11) is 0. The highest BCUT2D eigenvalue weighted by molar-refractivity contribution is 5.24. The maximum Gasteiger partial charge on any atom is 0.0739 e. The summed E-state index contributed by atoms with van der Waals surface area (Å²) in [6.45, 7) is 1.09. The maximum atomic E-state index is 3.95. The lowest BCUT2D eigenvalue weighted by Crippen LogP contribution is -3.00. The zero-order valence-corrected chi connectivity index (χ0v) is 22.4. The molecule has 2 heteroatoms. The molecule has 3 rings (SSSR count). The summed E-state index contributed by atoms with van der Waals surface area (Å²) in [5, 5.41) is 0. The summed E-state index contributed by atoms with van der Waals surface area (Å²) < 4.78 is 0. The highest BCUT2D eigenvalue weighted by Gasteiger charge is 2.30. The molecule has 0 spiro atoms. The van der Waals surface area contributed by atoms with Gasteiger partial charge in [0.15, 0.2) is 0 Å². The van der Waals surface area contributed by atoms with Crippen molar-refractivity contribution in [3.05, 3.63) is 108 Å². The van der Waals surface area contributed by atoms with E-state index in [4.69, 9.17) is 0 Å². The number of benzene rings is 3. The minimum Gasteiger partial charge on any atom is -1.00 e. The number of halogens is 1. The van der Waals surface area contributed by atoms with E-state index < -0.39 is 0 Å². The lowest BCUT2D eigenvalue weighted by atomic mass is 9.69. The van der Waals surface area contributed by atoms with Crippen LogP contribution in [0.2, 0.25) is 0 Å². The first-order chi connectivity index (χ1) is 16.8. The molecular formula is C33H46ClN. The highest BCUT2D eigenvalue weighted by Crippen LogP contribution is 2.37. The van der Waals surface area contributed by atoms with Crippen molar-refractivity contribution in [2.24, 2.45) is 5.41 Å². The van der Waals surface area contributed by atoms with Gasteiger partial charge in [-0.15, -0.1) is 0 Å². The summed E-state index contributed by atoms with van der Waals surface area (Å²) in [4.78, 5) is 0. The summed E-state index contributed by atoms with van der Waals surface area (Å²) in [5.74, 6) is 0. The van der Waals surface area contributed by atoms with Gasteiger partial charge in [-0.3, -0.25) is 0 Å². The second-order valence-electron chi connectivity index (χ2n) is 10.3. The normalized spacial score (nSPS) is 11.2. The van der Waals surface area contributed by atoms with Crippen LogP contribution < -0.4 is 18.1 Å². The van der Waals surface area contributed by atoms with Crippen molar-refractivity contribution in [3.8, 4) is 0 Å². The first kappa shape index (κ1) is 29.1. The molecule has 0 aliphatic heterocycles. The molecule has 0 aliphatic carbocycles. The van der Waals surface area contributed by atoms with Gasteiger partial charge in [0, 0.05) is 0 Å². The standard InChI is InChI=1S/C33H45N.ClH/c34-26-18-7-5-3-1-2-4-6-17-25-33(27-30-19-11-8-12-20-30,28-31-21-13-9-14-22-31)29-32-23-15-10-16-24-32;/h8-16,19-24H,1-7,17-18,25-29,34H2;1H. The zero-order valence-electron chi connectivity index (χ0n) is 21.6. The van der Waals surface area contributed by atoms with Crippen LogP contribution in [0.1, 0.15) is 80.9 Å². The van der Waals surface area contributed by atoms with Crippen LogP contribution in [-0.2, 0) is 19.3 Å². The summed E-state index contributed by atoms with van der Waals surface area (Å²) in [6, 6.07) is 33.5. The quantitative estimate of drug-likeness (QED) is 0.261. The van der Waals surface area contributed by atoms with Crippen molar-refractivity contribution in [2.75, 3.05) is 6.54 Å². The van der Waals surface area contributed by atoms with E-state index in [1.54, 1.807) is 0 Å². The molecule has 1 nitrogen and oxygen atoms in total. The van der Waals surface area contributed by atoms with Crippen LogP contribution in [0.5, 0.6) is 0 Å². The van der Waals surface area contributed by atoms with Gasteiger partial charge in [0.2, 0.25) is 0 Å². The van der Waals surface area contributed by atoms with Crippen LogP contribution in [0, 0.1) is 5.41 Å². The van der Waals surface area contributed by atoms with E-state index in [1.807, 2.05) is 0 Å². The Bertz CT molecular complexity index is 777. The van der Waals surface area contributed by atoms with E-state index in [2.05, 4.69) is 96.7 Å². The highest BCUT2D eigenvalue weighted by atomic mass is 35.5. The van der Waals surface area contributed by atoms with E-state index in [0.29, 0.717) is 0 Å². The lowest BCUT2D eigenvalue weighted by molar-refractivity contribution is -0.368. The van der Waals surface area contributed by atoms with Crippen molar-refractivity contribution in [1.82, 2.24) is 0 Å². The molecule has 3 aromatic rings. The van der Waals surface area contributed by atoms with Gasteiger partial charge in [-0.05, 0) is 60.6 Å². The van der Waals surface area contributed by atoms with Crippen molar-refractivity contribution in [3.63, 3.8) is 0 Å². The molecule has 0 aromatic heterocycles. The van der Waals surface area contributed by atoms with Gasteiger partial charge >= 0.3 is 0 Å². The number of quaternary nitrogens is 1. The Hall–Kier alpha value is -2.09. The number of hydrogen-bond donors (Lipinski definition) is 1. The molecule has 0 atom stereocenters. The fourth-order valence-electron chi connectivity index (χ4n) is 5.45. The Balaban J connectivity index is 0.00000432. The minimum atomic E-state index is 0. The fraction of sp³-hybridized carbons (Fsp3) is 0.455. The molecule has 0 radical (unpaired) electrons. The third-order valence-electron chi connectivity index (χ3n) is 7.22. The predicted octanol–water partition coefficient (Wildman–Crippen LogP) is 4.85. The molecule has 0 saturated carbocycles. The van der Waals surface area contributed by atoms with Gasteiger partial charge in [-0.25, -0.2) is 0 Å². The van der Waals surface area contributed by atoms with Gasteiger partial charge in [-0.2, -0.15) is 0 Å². The van der Waals surface area contributed by atoms with Crippen molar-refractivity contribution in [2.45, 2.75) is 83.5 Å². The maximum absolute atomic E-state index is 3.95. The SMILES string of the molecule is [Cl-].[NH3+]CCCCCCCCCCCC(Cc1ccccc1)(Cc1ccccc1)Cc1ccccc1. The van der Waals surface area contributed by atoms with Crippen LogP contribution in [0.4, 0.5) is 0 Å². The molecule has 0 aliphatic rings. The third kappa shape index (κ3) is 11.5. The first-order valence-corrected chi connectivity index (χ1v) is 13.7. The molecular weight excluding hydrogens is 446 g/mol. The van der Waals surface area contributed by atoms with Crippen LogP contribution in [0.25, 0.3) is 0 Å². The summed E-state index contributed by atoms with van der Waals surface area (Å²) in [5.41, 5.74) is 8.61. The van der Waals surface area contributed by atoms with Gasteiger partial charge in [-0.1, -0.05) is 136 Å². The van der Waals surface area contributed by atoms with Gasteiger partial charge in [0.1, 0.15) is 0 Å². The molecule has 3 aromatic carbocycles. The van der Waals surface area contributed by atoms with Crippen molar-refractivity contribution >= 4 is 0 Å². The Morgan fingerprint density at radius 2 is 0.743 bits per heavy atom. The summed E-state index contributed by atoms with van der Waals surface area (Å²) in [6.07, 6.45) is 17.0. The van der Waals surface area contributed by atoms with Crippen molar-refractivity contribution in [1.29, 1.82) is 0 Å². The minimum absolute atomic E-state index is 0. The Labute approximate surface area is 221 Å². The fourth-order valence-corrected chi connectivity index (χ4v) is 5.45. The van der Waals surface area contributed by atoms with Crippen LogP contribution >= 0.6 is 0 Å². The Kier molecular flexibility index (Phi) is 14.5. The summed E-state index contributed by atoms with van der Waals surface area (Å²) >= 11 is 0. The van der Waals surface area contributed by atoms with E-state index >= 15 is 0 Å². The zero-order chi connectivity index (χ0) is 23.7. The molecule has 35 heavy (non-hydrogen) atoms. The van der Waals surface area contributed by atoms with Crippen LogP contribution in [0.15, 0.2) is 91.0 Å². The lowest BCUT2D eigenvalue weighted by Gasteiger charge is -2.35. The van der Waals surface area contributed by atoms with E-state index in [0.717, 1.165) is 25.8 Å². The Morgan fingerprint density at radius 1 is 0.429 bits per heavy atom. The largest absolute Gasteiger partial charge is 1.00 e. The van der Waals surface area contributed by atoms with Gasteiger partial charge in [0.25, 0.3) is 0 Å². The number of hydrogen-bond acceptors (Lipinski definition) is 0. The van der Waals surface area contributed by atoms with Crippen molar-refractivity contribution < 1.29 is 18.1 Å². The molecule has 0 heterocycles.